The van der Waals surface area contributed by atoms with Crippen molar-refractivity contribution in [3.8, 4) is 0 Å². The van der Waals surface area contributed by atoms with Crippen molar-refractivity contribution in [2.24, 2.45) is 0 Å². The summed E-state index contributed by atoms with van der Waals surface area (Å²) in [4.78, 5) is 15.0. The highest BCUT2D eigenvalue weighted by atomic mass is 16.2. The molecular formula is C20H25N2O+. The molecule has 1 fully saturated rings. The van der Waals surface area contributed by atoms with Gasteiger partial charge in [-0.3, -0.25) is 4.79 Å². The molecule has 0 saturated carbocycles. The van der Waals surface area contributed by atoms with Crippen LogP contribution in [0.5, 0.6) is 0 Å². The summed E-state index contributed by atoms with van der Waals surface area (Å²) in [7, 11) is 0. The number of nitrogens with zero attached hydrogens (tertiary/aromatic N) is 1. The van der Waals surface area contributed by atoms with E-state index in [0.717, 1.165) is 32.7 Å². The van der Waals surface area contributed by atoms with Crippen LogP contribution in [0.3, 0.4) is 0 Å². The molecule has 2 aromatic carbocycles. The van der Waals surface area contributed by atoms with Gasteiger partial charge in [0.15, 0.2) is 0 Å². The van der Waals surface area contributed by atoms with E-state index in [2.05, 4.69) is 60.7 Å². The summed E-state index contributed by atoms with van der Waals surface area (Å²) < 4.78 is 0. The van der Waals surface area contributed by atoms with E-state index in [-0.39, 0.29) is 5.91 Å². The molecule has 0 unspecified atom stereocenters. The van der Waals surface area contributed by atoms with Crippen LogP contribution in [-0.2, 0) is 4.79 Å². The van der Waals surface area contributed by atoms with Gasteiger partial charge in [-0.25, -0.2) is 0 Å². The normalized spacial score (nSPS) is 15.8. The average Bonchev–Trinajstić information content (AvgIpc) is 2.61. The highest BCUT2D eigenvalue weighted by molar-refractivity contribution is 5.73. The predicted molar refractivity (Wildman–Crippen MR) is 92.5 cm³/mol. The van der Waals surface area contributed by atoms with E-state index in [1.54, 1.807) is 11.8 Å². The number of amides is 1. The summed E-state index contributed by atoms with van der Waals surface area (Å²) in [6.07, 6.45) is 0. The lowest BCUT2D eigenvalue weighted by Gasteiger charge is -2.33. The van der Waals surface area contributed by atoms with Crippen molar-refractivity contribution in [1.82, 2.24) is 4.90 Å². The Morgan fingerprint density at radius 3 is 1.87 bits per heavy atom. The van der Waals surface area contributed by atoms with Crippen molar-refractivity contribution in [1.29, 1.82) is 0 Å². The first-order valence-electron chi connectivity index (χ1n) is 8.43. The first kappa shape index (κ1) is 15.8. The molecule has 3 nitrogen and oxygen atoms in total. The Morgan fingerprint density at radius 1 is 0.957 bits per heavy atom. The van der Waals surface area contributed by atoms with Gasteiger partial charge in [-0.15, -0.1) is 0 Å². The molecule has 120 valence electrons. The molecule has 0 aliphatic carbocycles. The highest BCUT2D eigenvalue weighted by Crippen LogP contribution is 2.22. The van der Waals surface area contributed by atoms with E-state index in [0.29, 0.717) is 5.92 Å². The number of nitrogens with one attached hydrogen (secondary N) is 1. The number of quaternary nitrogens is 1. The standard InChI is InChI=1S/C20H24N2O/c1-17(23)22-14-12-21(13-15-22)16-20(18-8-4-2-5-9-18)19-10-6-3-7-11-19/h2-11,20H,12-16H2,1H3/p+1. The van der Waals surface area contributed by atoms with Crippen LogP contribution in [0, 0.1) is 0 Å². The number of hydrogen-bond acceptors (Lipinski definition) is 1. The van der Waals surface area contributed by atoms with Crippen molar-refractivity contribution < 1.29 is 9.69 Å². The van der Waals surface area contributed by atoms with Gasteiger partial charge in [0.1, 0.15) is 0 Å². The van der Waals surface area contributed by atoms with Gasteiger partial charge in [0.2, 0.25) is 5.91 Å². The minimum Gasteiger partial charge on any atom is -0.332 e. The maximum Gasteiger partial charge on any atom is 0.219 e. The van der Waals surface area contributed by atoms with Gasteiger partial charge < -0.3 is 9.80 Å². The third-order valence-electron chi connectivity index (χ3n) is 4.81. The first-order valence-corrected chi connectivity index (χ1v) is 8.43. The highest BCUT2D eigenvalue weighted by Gasteiger charge is 2.25. The third kappa shape index (κ3) is 3.99. The molecule has 23 heavy (non-hydrogen) atoms. The van der Waals surface area contributed by atoms with Gasteiger partial charge >= 0.3 is 0 Å². The molecule has 3 rings (SSSR count). The number of piperazine rings is 1. The van der Waals surface area contributed by atoms with Crippen LogP contribution in [0.25, 0.3) is 0 Å². The van der Waals surface area contributed by atoms with E-state index in [1.807, 2.05) is 4.90 Å². The maximum absolute atomic E-state index is 11.5. The molecule has 2 aromatic rings. The van der Waals surface area contributed by atoms with Crippen LogP contribution >= 0.6 is 0 Å². The second kappa shape index (κ2) is 7.42. The molecule has 1 aliphatic heterocycles. The smallest absolute Gasteiger partial charge is 0.219 e. The van der Waals surface area contributed by atoms with Gasteiger partial charge in [-0.05, 0) is 11.1 Å². The second-order valence-electron chi connectivity index (χ2n) is 6.33. The Balaban J connectivity index is 1.74. The Hall–Kier alpha value is -2.13. The van der Waals surface area contributed by atoms with Crippen molar-refractivity contribution >= 4 is 5.91 Å². The Morgan fingerprint density at radius 2 is 1.43 bits per heavy atom. The summed E-state index contributed by atoms with van der Waals surface area (Å²) in [6.45, 7) is 6.58. The number of benzene rings is 2. The van der Waals surface area contributed by atoms with Crippen LogP contribution in [0.4, 0.5) is 0 Å². The fraction of sp³-hybridized carbons (Fsp3) is 0.350. The van der Waals surface area contributed by atoms with E-state index in [1.165, 1.54) is 11.1 Å². The van der Waals surface area contributed by atoms with Crippen LogP contribution in [-0.4, -0.2) is 43.5 Å². The number of carbonyl (C=O) groups is 1. The van der Waals surface area contributed by atoms with Crippen LogP contribution < -0.4 is 4.90 Å². The monoisotopic (exact) mass is 309 g/mol. The van der Waals surface area contributed by atoms with Gasteiger partial charge in [0.25, 0.3) is 0 Å². The Bertz CT molecular complexity index is 579. The van der Waals surface area contributed by atoms with E-state index in [9.17, 15) is 4.79 Å². The molecule has 1 N–H and O–H groups in total. The lowest BCUT2D eigenvalue weighted by molar-refractivity contribution is -0.904. The van der Waals surface area contributed by atoms with Gasteiger partial charge in [0.05, 0.1) is 38.6 Å². The molecule has 1 aliphatic rings. The molecule has 0 aromatic heterocycles. The molecular weight excluding hydrogens is 284 g/mol. The minimum atomic E-state index is 0.201. The van der Waals surface area contributed by atoms with E-state index >= 15 is 0 Å². The van der Waals surface area contributed by atoms with Crippen molar-refractivity contribution in [2.45, 2.75) is 12.8 Å². The topological polar surface area (TPSA) is 24.8 Å². The SMILES string of the molecule is CC(=O)N1CC[NH+](CC(c2ccccc2)c2ccccc2)CC1. The molecule has 0 radical (unpaired) electrons. The van der Waals surface area contributed by atoms with Crippen molar-refractivity contribution in [3.63, 3.8) is 0 Å². The number of carbonyl (C=O) groups excluding carboxylic acids is 1. The van der Waals surface area contributed by atoms with E-state index < -0.39 is 0 Å². The van der Waals surface area contributed by atoms with Crippen LogP contribution in [0.15, 0.2) is 60.7 Å². The fourth-order valence-electron chi connectivity index (χ4n) is 3.43. The zero-order valence-corrected chi connectivity index (χ0v) is 13.7. The van der Waals surface area contributed by atoms with Crippen molar-refractivity contribution in [3.05, 3.63) is 71.8 Å². The maximum atomic E-state index is 11.5. The second-order valence-corrected chi connectivity index (χ2v) is 6.33. The summed E-state index contributed by atoms with van der Waals surface area (Å²) >= 11 is 0. The first-order chi connectivity index (χ1) is 11.2. The minimum absolute atomic E-state index is 0.201. The number of hydrogen-bond donors (Lipinski definition) is 1. The summed E-state index contributed by atoms with van der Waals surface area (Å²) in [5, 5.41) is 0. The quantitative estimate of drug-likeness (QED) is 0.911. The molecule has 1 amide bonds. The van der Waals surface area contributed by atoms with Gasteiger partial charge in [0, 0.05) is 6.92 Å². The van der Waals surface area contributed by atoms with Gasteiger partial charge in [-0.1, -0.05) is 60.7 Å². The summed E-state index contributed by atoms with van der Waals surface area (Å²) in [5.74, 6) is 0.614. The van der Waals surface area contributed by atoms with Crippen molar-refractivity contribution in [2.75, 3.05) is 32.7 Å². The molecule has 3 heteroatoms. The zero-order chi connectivity index (χ0) is 16.1. The molecule has 1 saturated heterocycles. The largest absolute Gasteiger partial charge is 0.332 e. The average molecular weight is 309 g/mol. The third-order valence-corrected chi connectivity index (χ3v) is 4.81. The lowest BCUT2D eigenvalue weighted by atomic mass is 9.90. The summed E-state index contributed by atoms with van der Waals surface area (Å²) in [5.41, 5.74) is 2.75. The van der Waals surface area contributed by atoms with Crippen LogP contribution in [0.1, 0.15) is 24.0 Å². The molecule has 0 spiro atoms. The molecule has 1 heterocycles. The Labute approximate surface area is 138 Å². The molecule has 0 atom stereocenters. The van der Waals surface area contributed by atoms with Crippen LogP contribution in [0.2, 0.25) is 0 Å². The Kier molecular flexibility index (Phi) is 5.09. The summed E-state index contributed by atoms with van der Waals surface area (Å²) in [6, 6.07) is 21.5. The fourth-order valence-corrected chi connectivity index (χ4v) is 3.43. The predicted octanol–water partition coefficient (Wildman–Crippen LogP) is 1.57. The molecule has 0 bridgehead atoms. The lowest BCUT2D eigenvalue weighted by Crippen LogP contribution is -3.15. The number of rotatable bonds is 4. The van der Waals surface area contributed by atoms with E-state index in [4.69, 9.17) is 0 Å². The van der Waals surface area contributed by atoms with Gasteiger partial charge in [-0.2, -0.15) is 0 Å². The zero-order valence-electron chi connectivity index (χ0n) is 13.7.